The van der Waals surface area contributed by atoms with Crippen molar-refractivity contribution < 1.29 is 9.36 Å². The van der Waals surface area contributed by atoms with Crippen LogP contribution in [0.25, 0.3) is 0 Å². The van der Waals surface area contributed by atoms with Gasteiger partial charge < -0.3 is 5.73 Å². The Kier molecular flexibility index (Phi) is 5.30. The number of pyridine rings is 1. The van der Waals surface area contributed by atoms with E-state index in [1.807, 2.05) is 12.1 Å². The second kappa shape index (κ2) is 7.40. The molecule has 0 saturated carbocycles. The van der Waals surface area contributed by atoms with Gasteiger partial charge in [-0.3, -0.25) is 4.79 Å². The van der Waals surface area contributed by atoms with Gasteiger partial charge in [0.2, 0.25) is 6.04 Å². The van der Waals surface area contributed by atoms with Crippen LogP contribution in [0.1, 0.15) is 17.5 Å². The Balaban J connectivity index is 2.65. The van der Waals surface area contributed by atoms with Gasteiger partial charge in [-0.05, 0) is 11.6 Å². The number of benzene rings is 1. The number of nitriles is 2. The van der Waals surface area contributed by atoms with E-state index < -0.39 is 23.8 Å². The number of nitrogens with zero attached hydrogens (tertiary/aromatic N) is 3. The lowest BCUT2D eigenvalue weighted by molar-refractivity contribution is -0.712. The lowest BCUT2D eigenvalue weighted by atomic mass is 9.81. The summed E-state index contributed by atoms with van der Waals surface area (Å²) in [6.45, 7) is 0. The van der Waals surface area contributed by atoms with Crippen LogP contribution in [0.4, 0.5) is 0 Å². The Bertz CT molecular complexity index is 765. The molecule has 2 N–H and O–H groups in total. The minimum atomic E-state index is -1.07. The molecule has 0 radical (unpaired) electrons. The van der Waals surface area contributed by atoms with Crippen LogP contribution in [-0.2, 0) is 4.79 Å². The normalized spacial score (nSPS) is 12.9. The first kappa shape index (κ1) is 16.5. The van der Waals surface area contributed by atoms with Gasteiger partial charge in [0.1, 0.15) is 5.92 Å². The molecule has 0 bridgehead atoms. The van der Waals surface area contributed by atoms with Gasteiger partial charge in [0, 0.05) is 17.2 Å². The Morgan fingerprint density at radius 2 is 1.70 bits per heavy atom. The molecular weight excluding hydrogens is 312 g/mol. The van der Waals surface area contributed by atoms with E-state index in [4.69, 9.17) is 17.3 Å². The number of aromatic nitrogens is 1. The lowest BCUT2D eigenvalue weighted by Gasteiger charge is -2.22. The number of amides is 1. The molecule has 0 aliphatic rings. The molecule has 6 heteroatoms. The summed E-state index contributed by atoms with van der Waals surface area (Å²) in [5.74, 6) is -2.48. The van der Waals surface area contributed by atoms with Crippen molar-refractivity contribution in [2.24, 2.45) is 11.7 Å². The van der Waals surface area contributed by atoms with Crippen molar-refractivity contribution in [3.05, 3.63) is 65.4 Å². The number of carbonyl (C=O) groups is 1. The van der Waals surface area contributed by atoms with Crippen LogP contribution in [0.5, 0.6) is 0 Å². The van der Waals surface area contributed by atoms with E-state index in [1.165, 1.54) is 0 Å². The molecule has 1 aromatic heterocycles. The third-order valence-corrected chi connectivity index (χ3v) is 3.94. The highest BCUT2D eigenvalue weighted by Crippen LogP contribution is 2.36. The maximum Gasteiger partial charge on any atom is 0.287 e. The highest BCUT2D eigenvalue weighted by atomic mass is 35.5. The van der Waals surface area contributed by atoms with E-state index in [0.29, 0.717) is 10.6 Å². The van der Waals surface area contributed by atoms with Gasteiger partial charge in [0.15, 0.2) is 12.4 Å². The number of carbonyl (C=O) groups excluding carboxylic acids is 1. The Morgan fingerprint density at radius 3 is 2.22 bits per heavy atom. The summed E-state index contributed by atoms with van der Waals surface area (Å²) in [4.78, 5) is 12.1. The van der Waals surface area contributed by atoms with E-state index in [9.17, 15) is 15.3 Å². The minimum Gasteiger partial charge on any atom is -0.364 e. The van der Waals surface area contributed by atoms with Crippen LogP contribution in [-0.4, -0.2) is 5.91 Å². The van der Waals surface area contributed by atoms with Crippen LogP contribution >= 0.6 is 11.6 Å². The summed E-state index contributed by atoms with van der Waals surface area (Å²) in [6.07, 6.45) is 3.34. The van der Waals surface area contributed by atoms with Gasteiger partial charge in [-0.1, -0.05) is 35.9 Å². The molecule has 1 amide bonds. The van der Waals surface area contributed by atoms with E-state index in [0.717, 1.165) is 0 Å². The second-order valence-corrected chi connectivity index (χ2v) is 5.36. The predicted molar refractivity (Wildman–Crippen MR) is 83.8 cm³/mol. The molecule has 2 atom stereocenters. The Hall–Kier alpha value is -2.89. The predicted octanol–water partition coefficient (Wildman–Crippen LogP) is 2.10. The standard InChI is InChI=1S/C17H13ClN4O/c18-14-7-3-2-6-13(14)15(12(10-19)11-20)16(17(21)23)22-8-4-1-5-9-22/h1-9,12,15-16H,(H-,21,23)/p+1. The second-order valence-electron chi connectivity index (χ2n) is 4.95. The largest absolute Gasteiger partial charge is 0.364 e. The quantitative estimate of drug-likeness (QED) is 0.853. The zero-order chi connectivity index (χ0) is 16.8. The molecule has 114 valence electrons. The molecule has 0 aliphatic heterocycles. The van der Waals surface area contributed by atoms with Crippen LogP contribution in [0, 0.1) is 28.6 Å². The highest BCUT2D eigenvalue weighted by Gasteiger charge is 2.42. The zero-order valence-corrected chi connectivity index (χ0v) is 12.9. The minimum absolute atomic E-state index is 0.385. The number of nitrogens with two attached hydrogens (primary N) is 1. The van der Waals surface area contributed by atoms with Gasteiger partial charge in [-0.15, -0.1) is 0 Å². The van der Waals surface area contributed by atoms with E-state index in [1.54, 1.807) is 59.4 Å². The first-order valence-electron chi connectivity index (χ1n) is 6.89. The van der Waals surface area contributed by atoms with Crippen molar-refractivity contribution in [3.63, 3.8) is 0 Å². The molecule has 23 heavy (non-hydrogen) atoms. The van der Waals surface area contributed by atoms with Crippen molar-refractivity contribution in [2.75, 3.05) is 0 Å². The molecule has 2 aromatic rings. The van der Waals surface area contributed by atoms with Crippen molar-refractivity contribution in [1.82, 2.24) is 0 Å². The molecular formula is C17H14ClN4O+. The first-order chi connectivity index (χ1) is 11.1. The summed E-state index contributed by atoms with van der Waals surface area (Å²) < 4.78 is 1.60. The van der Waals surface area contributed by atoms with Crippen LogP contribution < -0.4 is 10.3 Å². The SMILES string of the molecule is N#CC(C#N)C(c1ccccc1Cl)C(C(N)=O)[n+]1ccccc1. The summed E-state index contributed by atoms with van der Waals surface area (Å²) >= 11 is 6.23. The van der Waals surface area contributed by atoms with Gasteiger partial charge in [-0.2, -0.15) is 15.1 Å². The van der Waals surface area contributed by atoms with Gasteiger partial charge in [0.05, 0.1) is 18.1 Å². The molecule has 1 aromatic carbocycles. The topological polar surface area (TPSA) is 94.5 Å². The fraction of sp³-hybridized carbons (Fsp3) is 0.176. The van der Waals surface area contributed by atoms with Crippen LogP contribution in [0.15, 0.2) is 54.9 Å². The molecule has 2 rings (SSSR count). The first-order valence-corrected chi connectivity index (χ1v) is 7.26. The average Bonchev–Trinajstić information content (AvgIpc) is 2.56. The van der Waals surface area contributed by atoms with Gasteiger partial charge in [0.25, 0.3) is 5.91 Å². The van der Waals surface area contributed by atoms with Crippen molar-refractivity contribution in [3.8, 4) is 12.1 Å². The maximum absolute atomic E-state index is 12.1. The molecule has 0 fully saturated rings. The lowest BCUT2D eigenvalue weighted by Crippen LogP contribution is -2.50. The average molecular weight is 326 g/mol. The van der Waals surface area contributed by atoms with Gasteiger partial charge in [-0.25, -0.2) is 0 Å². The summed E-state index contributed by atoms with van der Waals surface area (Å²) in [5, 5.41) is 19.1. The molecule has 2 unspecified atom stereocenters. The summed E-state index contributed by atoms with van der Waals surface area (Å²) in [6, 6.07) is 15.1. The van der Waals surface area contributed by atoms with Crippen molar-refractivity contribution in [1.29, 1.82) is 10.5 Å². The number of primary amides is 1. The van der Waals surface area contributed by atoms with Crippen molar-refractivity contribution >= 4 is 17.5 Å². The Labute approximate surface area is 139 Å². The number of hydrogen-bond donors (Lipinski definition) is 1. The third-order valence-electron chi connectivity index (χ3n) is 3.59. The summed E-state index contributed by atoms with van der Waals surface area (Å²) in [7, 11) is 0. The smallest absolute Gasteiger partial charge is 0.287 e. The third kappa shape index (κ3) is 3.48. The molecule has 0 aliphatic carbocycles. The monoisotopic (exact) mass is 325 g/mol. The van der Waals surface area contributed by atoms with Crippen molar-refractivity contribution in [2.45, 2.75) is 12.0 Å². The fourth-order valence-corrected chi connectivity index (χ4v) is 2.84. The maximum atomic E-state index is 12.1. The van der Waals surface area contributed by atoms with E-state index in [-0.39, 0.29) is 0 Å². The highest BCUT2D eigenvalue weighted by molar-refractivity contribution is 6.31. The molecule has 5 nitrogen and oxygen atoms in total. The molecule has 0 saturated heterocycles. The van der Waals surface area contributed by atoms with E-state index >= 15 is 0 Å². The van der Waals surface area contributed by atoms with E-state index in [2.05, 4.69) is 0 Å². The number of halogens is 1. The zero-order valence-electron chi connectivity index (χ0n) is 12.1. The number of rotatable bonds is 5. The Morgan fingerprint density at radius 1 is 1.09 bits per heavy atom. The number of hydrogen-bond acceptors (Lipinski definition) is 3. The van der Waals surface area contributed by atoms with Crippen LogP contribution in [0.3, 0.4) is 0 Å². The van der Waals surface area contributed by atoms with Gasteiger partial charge >= 0.3 is 0 Å². The molecule has 0 spiro atoms. The summed E-state index contributed by atoms with van der Waals surface area (Å²) in [5.41, 5.74) is 6.13. The molecule has 1 heterocycles. The fourth-order valence-electron chi connectivity index (χ4n) is 2.57. The van der Waals surface area contributed by atoms with Crippen LogP contribution in [0.2, 0.25) is 5.02 Å².